The highest BCUT2D eigenvalue weighted by atomic mass is 14.1. The standard InChI is InChI=1S/C12H25/c1-4-6-8-10-12(3)11-9-7-5-2/h12H,3-11H2,1-2H3. The van der Waals surface area contributed by atoms with E-state index in [-0.39, 0.29) is 0 Å². The molecule has 0 heteroatoms. The van der Waals surface area contributed by atoms with Gasteiger partial charge in [0.05, 0.1) is 0 Å². The van der Waals surface area contributed by atoms with Crippen LogP contribution in [0.3, 0.4) is 0 Å². The summed E-state index contributed by atoms with van der Waals surface area (Å²) >= 11 is 0. The lowest BCUT2D eigenvalue weighted by molar-refractivity contribution is 0.478. The third-order valence-corrected chi connectivity index (χ3v) is 2.43. The van der Waals surface area contributed by atoms with Crippen molar-refractivity contribution in [1.29, 1.82) is 0 Å². The fourth-order valence-electron chi connectivity index (χ4n) is 1.51. The molecule has 0 unspecified atom stereocenters. The average molecular weight is 169 g/mol. The largest absolute Gasteiger partial charge is 0.0654 e. The topological polar surface area (TPSA) is 0 Å². The van der Waals surface area contributed by atoms with Crippen LogP contribution in [0.4, 0.5) is 0 Å². The van der Waals surface area contributed by atoms with Gasteiger partial charge in [-0.2, -0.15) is 0 Å². The molecule has 0 aliphatic heterocycles. The Morgan fingerprint density at radius 2 is 1.25 bits per heavy atom. The van der Waals surface area contributed by atoms with E-state index in [1.54, 1.807) is 0 Å². The number of unbranched alkanes of at least 4 members (excludes halogenated alkanes) is 4. The predicted octanol–water partition coefficient (Wildman–Crippen LogP) is 4.60. The molecule has 0 nitrogen and oxygen atoms in total. The van der Waals surface area contributed by atoms with Gasteiger partial charge in [-0.05, 0) is 5.92 Å². The van der Waals surface area contributed by atoms with Crippen molar-refractivity contribution in [3.8, 4) is 0 Å². The third kappa shape index (κ3) is 8.10. The van der Waals surface area contributed by atoms with E-state index in [0.717, 1.165) is 5.92 Å². The lowest BCUT2D eigenvalue weighted by Crippen LogP contribution is -1.94. The Bertz CT molecular complexity index is 66.1. The molecule has 0 saturated carbocycles. The highest BCUT2D eigenvalue weighted by Crippen LogP contribution is 2.15. The van der Waals surface area contributed by atoms with Gasteiger partial charge in [0.15, 0.2) is 0 Å². The summed E-state index contributed by atoms with van der Waals surface area (Å²) in [5.41, 5.74) is 0. The van der Waals surface area contributed by atoms with Gasteiger partial charge < -0.3 is 0 Å². The molecule has 0 amide bonds. The molecule has 0 aliphatic carbocycles. The predicted molar refractivity (Wildman–Crippen MR) is 57.1 cm³/mol. The van der Waals surface area contributed by atoms with Crippen molar-refractivity contribution in [2.75, 3.05) is 0 Å². The third-order valence-electron chi connectivity index (χ3n) is 2.43. The highest BCUT2D eigenvalue weighted by molar-refractivity contribution is 4.61. The van der Waals surface area contributed by atoms with Crippen LogP contribution in [0, 0.1) is 12.8 Å². The van der Waals surface area contributed by atoms with Gasteiger partial charge in [-0.3, -0.25) is 0 Å². The molecule has 0 fully saturated rings. The maximum absolute atomic E-state index is 4.18. The van der Waals surface area contributed by atoms with Crippen molar-refractivity contribution >= 4 is 0 Å². The van der Waals surface area contributed by atoms with Gasteiger partial charge in [0.1, 0.15) is 0 Å². The maximum atomic E-state index is 4.18. The number of rotatable bonds is 8. The van der Waals surface area contributed by atoms with E-state index in [4.69, 9.17) is 0 Å². The first-order valence-corrected chi connectivity index (χ1v) is 5.64. The molecule has 12 heavy (non-hydrogen) atoms. The van der Waals surface area contributed by atoms with Crippen molar-refractivity contribution < 1.29 is 0 Å². The normalized spacial score (nSPS) is 11.0. The molecule has 0 N–H and O–H groups in total. The zero-order valence-corrected chi connectivity index (χ0v) is 8.94. The van der Waals surface area contributed by atoms with Crippen molar-refractivity contribution in [2.24, 2.45) is 5.92 Å². The first kappa shape index (κ1) is 12.0. The maximum Gasteiger partial charge on any atom is -0.0414 e. The molecular weight excluding hydrogens is 144 g/mol. The summed E-state index contributed by atoms with van der Waals surface area (Å²) < 4.78 is 0. The Hall–Kier alpha value is 0. The van der Waals surface area contributed by atoms with Gasteiger partial charge in [-0.1, -0.05) is 72.1 Å². The molecule has 0 aromatic heterocycles. The van der Waals surface area contributed by atoms with E-state index in [1.807, 2.05) is 0 Å². The molecule has 0 saturated heterocycles. The zero-order chi connectivity index (χ0) is 9.23. The van der Waals surface area contributed by atoms with Crippen LogP contribution in [-0.2, 0) is 0 Å². The fourth-order valence-corrected chi connectivity index (χ4v) is 1.51. The number of hydrogen-bond donors (Lipinski definition) is 0. The summed E-state index contributed by atoms with van der Waals surface area (Å²) in [6, 6.07) is 0. The van der Waals surface area contributed by atoms with Crippen molar-refractivity contribution in [3.05, 3.63) is 6.92 Å². The summed E-state index contributed by atoms with van der Waals surface area (Å²) in [6.07, 6.45) is 10.9. The first-order chi connectivity index (χ1) is 5.81. The Morgan fingerprint density at radius 1 is 0.833 bits per heavy atom. The summed E-state index contributed by atoms with van der Waals surface area (Å²) in [5, 5.41) is 0. The van der Waals surface area contributed by atoms with E-state index < -0.39 is 0 Å². The van der Waals surface area contributed by atoms with E-state index in [2.05, 4.69) is 20.8 Å². The van der Waals surface area contributed by atoms with E-state index >= 15 is 0 Å². The molecule has 0 atom stereocenters. The van der Waals surface area contributed by atoms with Crippen LogP contribution in [0.15, 0.2) is 0 Å². The molecule has 0 aromatic rings. The molecule has 0 spiro atoms. The van der Waals surface area contributed by atoms with E-state index in [1.165, 1.54) is 51.4 Å². The fraction of sp³-hybridized carbons (Fsp3) is 0.917. The minimum Gasteiger partial charge on any atom is -0.0654 e. The Labute approximate surface area is 78.8 Å². The number of hydrogen-bond acceptors (Lipinski definition) is 0. The van der Waals surface area contributed by atoms with E-state index in [0.29, 0.717) is 0 Å². The minimum absolute atomic E-state index is 0.725. The zero-order valence-electron chi connectivity index (χ0n) is 8.94. The van der Waals surface area contributed by atoms with Crippen LogP contribution in [0.25, 0.3) is 0 Å². The van der Waals surface area contributed by atoms with Gasteiger partial charge >= 0.3 is 0 Å². The van der Waals surface area contributed by atoms with Gasteiger partial charge in [-0.25, -0.2) is 0 Å². The average Bonchev–Trinajstić information content (AvgIpc) is 2.06. The second-order valence-corrected chi connectivity index (χ2v) is 3.86. The quantitative estimate of drug-likeness (QED) is 0.466. The SMILES string of the molecule is [CH2]C(CCCCC)CCCCC. The van der Waals surface area contributed by atoms with Gasteiger partial charge in [0.25, 0.3) is 0 Å². The van der Waals surface area contributed by atoms with Gasteiger partial charge in [0, 0.05) is 0 Å². The molecule has 0 heterocycles. The molecule has 73 valence electrons. The summed E-state index contributed by atoms with van der Waals surface area (Å²) in [7, 11) is 0. The second kappa shape index (κ2) is 9.09. The molecule has 0 aromatic carbocycles. The monoisotopic (exact) mass is 169 g/mol. The first-order valence-electron chi connectivity index (χ1n) is 5.64. The van der Waals surface area contributed by atoms with Crippen molar-refractivity contribution in [1.82, 2.24) is 0 Å². The molecule has 0 rings (SSSR count). The molecular formula is C12H25. The van der Waals surface area contributed by atoms with Gasteiger partial charge in [-0.15, -0.1) is 0 Å². The Balaban J connectivity index is 3.04. The molecule has 1 radical (unpaired) electrons. The Morgan fingerprint density at radius 3 is 1.58 bits per heavy atom. The van der Waals surface area contributed by atoms with Crippen molar-refractivity contribution in [3.63, 3.8) is 0 Å². The lowest BCUT2D eigenvalue weighted by atomic mass is 9.97. The van der Waals surface area contributed by atoms with Crippen molar-refractivity contribution in [2.45, 2.75) is 65.2 Å². The van der Waals surface area contributed by atoms with Crippen LogP contribution < -0.4 is 0 Å². The smallest absolute Gasteiger partial charge is 0.0414 e. The van der Waals surface area contributed by atoms with Crippen LogP contribution in [-0.4, -0.2) is 0 Å². The van der Waals surface area contributed by atoms with Crippen LogP contribution in [0.5, 0.6) is 0 Å². The Kier molecular flexibility index (Phi) is 9.09. The second-order valence-electron chi connectivity index (χ2n) is 3.86. The van der Waals surface area contributed by atoms with E-state index in [9.17, 15) is 0 Å². The van der Waals surface area contributed by atoms with Crippen LogP contribution >= 0.6 is 0 Å². The highest BCUT2D eigenvalue weighted by Gasteiger charge is 2.00. The summed E-state index contributed by atoms with van der Waals surface area (Å²) in [6.45, 7) is 8.70. The summed E-state index contributed by atoms with van der Waals surface area (Å²) in [5.74, 6) is 0.725. The molecule has 0 aliphatic rings. The molecule has 0 bridgehead atoms. The van der Waals surface area contributed by atoms with Crippen LogP contribution in [0.2, 0.25) is 0 Å². The van der Waals surface area contributed by atoms with Gasteiger partial charge in [0.2, 0.25) is 0 Å². The summed E-state index contributed by atoms with van der Waals surface area (Å²) in [4.78, 5) is 0. The lowest BCUT2D eigenvalue weighted by Gasteiger charge is -2.09. The van der Waals surface area contributed by atoms with Crippen LogP contribution in [0.1, 0.15) is 65.2 Å². The minimum atomic E-state index is 0.725.